The van der Waals surface area contributed by atoms with Crippen LogP contribution in [0.4, 0.5) is 5.69 Å². The van der Waals surface area contributed by atoms with Crippen LogP contribution in [-0.4, -0.2) is 26.3 Å². The summed E-state index contributed by atoms with van der Waals surface area (Å²) in [4.78, 5) is 15.1. The highest BCUT2D eigenvalue weighted by molar-refractivity contribution is 7.09. The lowest BCUT2D eigenvalue weighted by atomic mass is 10.2. The SMILES string of the molecule is CCO[C@H](C)c1nc(Cn2ncc3ccc([N+](=O)[O-])cc32)cs1. The average molecular weight is 332 g/mol. The summed E-state index contributed by atoms with van der Waals surface area (Å²) < 4.78 is 7.27. The largest absolute Gasteiger partial charge is 0.372 e. The fraction of sp³-hybridized carbons (Fsp3) is 0.333. The predicted octanol–water partition coefficient (Wildman–Crippen LogP) is 3.55. The maximum absolute atomic E-state index is 10.9. The van der Waals surface area contributed by atoms with Crippen molar-refractivity contribution in [3.8, 4) is 0 Å². The van der Waals surface area contributed by atoms with Crippen LogP contribution in [-0.2, 0) is 11.3 Å². The molecule has 0 aliphatic rings. The Morgan fingerprint density at radius 3 is 3.04 bits per heavy atom. The number of nitro benzene ring substituents is 1. The highest BCUT2D eigenvalue weighted by atomic mass is 32.1. The van der Waals surface area contributed by atoms with E-state index in [-0.39, 0.29) is 11.8 Å². The van der Waals surface area contributed by atoms with Crippen molar-refractivity contribution < 1.29 is 9.66 Å². The zero-order valence-corrected chi connectivity index (χ0v) is 13.6. The summed E-state index contributed by atoms with van der Waals surface area (Å²) in [6, 6.07) is 4.73. The van der Waals surface area contributed by atoms with Gasteiger partial charge in [-0.1, -0.05) is 0 Å². The molecule has 0 saturated heterocycles. The van der Waals surface area contributed by atoms with Gasteiger partial charge in [-0.2, -0.15) is 5.10 Å². The van der Waals surface area contributed by atoms with Crippen molar-refractivity contribution in [2.75, 3.05) is 6.61 Å². The Morgan fingerprint density at radius 2 is 2.30 bits per heavy atom. The van der Waals surface area contributed by atoms with E-state index in [0.29, 0.717) is 13.2 Å². The number of hydrogen-bond acceptors (Lipinski definition) is 6. The number of ether oxygens (including phenoxy) is 1. The maximum atomic E-state index is 10.9. The third-order valence-electron chi connectivity index (χ3n) is 3.48. The minimum Gasteiger partial charge on any atom is -0.372 e. The van der Waals surface area contributed by atoms with Gasteiger partial charge >= 0.3 is 0 Å². The standard InChI is InChI=1S/C15H16N4O3S/c1-3-22-10(2)15-17-12(9-23-15)8-18-14-6-13(19(20)21)5-4-11(14)7-16-18/h4-7,9-10H,3,8H2,1-2H3/t10-/m1/s1. The highest BCUT2D eigenvalue weighted by Gasteiger charge is 2.13. The van der Waals surface area contributed by atoms with E-state index < -0.39 is 4.92 Å². The molecule has 0 N–H and O–H groups in total. The predicted molar refractivity (Wildman–Crippen MR) is 87.6 cm³/mol. The van der Waals surface area contributed by atoms with E-state index in [1.54, 1.807) is 34.3 Å². The van der Waals surface area contributed by atoms with Crippen LogP contribution < -0.4 is 0 Å². The Bertz CT molecular complexity index is 842. The van der Waals surface area contributed by atoms with Crippen molar-refractivity contribution >= 4 is 27.9 Å². The molecule has 3 aromatic rings. The molecule has 8 heteroatoms. The molecule has 0 bridgehead atoms. The lowest BCUT2D eigenvalue weighted by Gasteiger charge is -2.07. The summed E-state index contributed by atoms with van der Waals surface area (Å²) in [5.74, 6) is 0. The van der Waals surface area contributed by atoms with Gasteiger partial charge in [-0.3, -0.25) is 14.8 Å². The van der Waals surface area contributed by atoms with Crippen molar-refractivity contribution in [1.82, 2.24) is 14.8 Å². The Balaban J connectivity index is 1.86. The number of rotatable bonds is 6. The van der Waals surface area contributed by atoms with E-state index in [1.807, 2.05) is 19.2 Å². The van der Waals surface area contributed by atoms with Gasteiger partial charge in [-0.25, -0.2) is 4.98 Å². The van der Waals surface area contributed by atoms with Crippen LogP contribution in [0.15, 0.2) is 29.8 Å². The lowest BCUT2D eigenvalue weighted by Crippen LogP contribution is -2.03. The Morgan fingerprint density at radius 1 is 1.48 bits per heavy atom. The van der Waals surface area contributed by atoms with Gasteiger partial charge < -0.3 is 4.74 Å². The van der Waals surface area contributed by atoms with E-state index in [2.05, 4.69) is 10.1 Å². The molecule has 0 unspecified atom stereocenters. The van der Waals surface area contributed by atoms with Gasteiger partial charge in [-0.15, -0.1) is 11.3 Å². The van der Waals surface area contributed by atoms with Gasteiger partial charge in [0, 0.05) is 29.5 Å². The molecule has 120 valence electrons. The molecule has 2 aromatic heterocycles. The van der Waals surface area contributed by atoms with Gasteiger partial charge in [0.05, 0.1) is 28.9 Å². The van der Waals surface area contributed by atoms with E-state index >= 15 is 0 Å². The smallest absolute Gasteiger partial charge is 0.271 e. The second-order valence-electron chi connectivity index (χ2n) is 5.08. The summed E-state index contributed by atoms with van der Waals surface area (Å²) in [5, 5.41) is 19.0. The second-order valence-corrected chi connectivity index (χ2v) is 5.97. The quantitative estimate of drug-likeness (QED) is 0.509. The minimum absolute atomic E-state index is 0.0331. The Kier molecular flexibility index (Phi) is 4.35. The van der Waals surface area contributed by atoms with Crippen molar-refractivity contribution in [3.05, 3.63) is 50.6 Å². The van der Waals surface area contributed by atoms with Gasteiger partial charge in [0.1, 0.15) is 11.1 Å². The first-order chi connectivity index (χ1) is 11.1. The van der Waals surface area contributed by atoms with Gasteiger partial charge in [-0.05, 0) is 19.9 Å². The molecular formula is C15H16N4O3S. The number of benzene rings is 1. The van der Waals surface area contributed by atoms with Gasteiger partial charge in [0.25, 0.3) is 5.69 Å². The van der Waals surface area contributed by atoms with E-state index in [4.69, 9.17) is 4.74 Å². The van der Waals surface area contributed by atoms with Crippen LogP contribution in [0.2, 0.25) is 0 Å². The molecule has 3 rings (SSSR count). The van der Waals surface area contributed by atoms with Crippen LogP contribution in [0.1, 0.15) is 30.7 Å². The number of fused-ring (bicyclic) bond motifs is 1. The van der Waals surface area contributed by atoms with E-state index in [0.717, 1.165) is 21.6 Å². The van der Waals surface area contributed by atoms with Gasteiger partial charge in [0.2, 0.25) is 0 Å². The Labute approximate surface area is 136 Å². The summed E-state index contributed by atoms with van der Waals surface area (Å²) in [6.45, 7) is 5.04. The van der Waals surface area contributed by atoms with Crippen LogP contribution in [0.5, 0.6) is 0 Å². The fourth-order valence-electron chi connectivity index (χ4n) is 2.36. The Hall–Kier alpha value is -2.32. The molecule has 0 amide bonds. The molecule has 7 nitrogen and oxygen atoms in total. The first-order valence-electron chi connectivity index (χ1n) is 7.24. The number of nitro groups is 1. The zero-order chi connectivity index (χ0) is 16.4. The zero-order valence-electron chi connectivity index (χ0n) is 12.8. The third-order valence-corrected chi connectivity index (χ3v) is 4.54. The van der Waals surface area contributed by atoms with Gasteiger partial charge in [0.15, 0.2) is 0 Å². The molecule has 1 aromatic carbocycles. The normalized spacial score (nSPS) is 12.6. The first kappa shape index (κ1) is 15.6. The molecule has 0 radical (unpaired) electrons. The molecule has 1 atom stereocenters. The lowest BCUT2D eigenvalue weighted by molar-refractivity contribution is -0.384. The molecule has 0 fully saturated rings. The molecule has 0 saturated carbocycles. The van der Waals surface area contributed by atoms with Crippen molar-refractivity contribution in [1.29, 1.82) is 0 Å². The van der Waals surface area contributed by atoms with Crippen LogP contribution in [0.25, 0.3) is 10.9 Å². The van der Waals surface area contributed by atoms with Crippen molar-refractivity contribution in [2.45, 2.75) is 26.5 Å². The van der Waals surface area contributed by atoms with E-state index in [1.165, 1.54) is 6.07 Å². The summed E-state index contributed by atoms with van der Waals surface area (Å²) in [7, 11) is 0. The maximum Gasteiger partial charge on any atom is 0.271 e. The molecule has 0 spiro atoms. The molecular weight excluding hydrogens is 316 g/mol. The molecule has 0 aliphatic heterocycles. The summed E-state index contributed by atoms with van der Waals surface area (Å²) in [5.41, 5.74) is 1.66. The molecule has 23 heavy (non-hydrogen) atoms. The van der Waals surface area contributed by atoms with Crippen molar-refractivity contribution in [3.63, 3.8) is 0 Å². The van der Waals surface area contributed by atoms with Crippen LogP contribution in [0.3, 0.4) is 0 Å². The average Bonchev–Trinajstić information content (AvgIpc) is 3.15. The molecule has 2 heterocycles. The monoisotopic (exact) mass is 332 g/mol. The summed E-state index contributed by atoms with van der Waals surface area (Å²) in [6.07, 6.45) is 1.67. The van der Waals surface area contributed by atoms with Crippen LogP contribution >= 0.6 is 11.3 Å². The number of thiazole rings is 1. The molecule has 0 aliphatic carbocycles. The number of nitrogens with zero attached hydrogens (tertiary/aromatic N) is 4. The topological polar surface area (TPSA) is 83.1 Å². The number of non-ortho nitro benzene ring substituents is 1. The van der Waals surface area contributed by atoms with Crippen molar-refractivity contribution in [2.24, 2.45) is 0 Å². The van der Waals surface area contributed by atoms with E-state index in [9.17, 15) is 10.1 Å². The third kappa shape index (κ3) is 3.22. The first-order valence-corrected chi connectivity index (χ1v) is 8.12. The number of hydrogen-bond donors (Lipinski definition) is 0. The number of aromatic nitrogens is 3. The van der Waals surface area contributed by atoms with Crippen LogP contribution in [0, 0.1) is 10.1 Å². The minimum atomic E-state index is -0.401. The fourth-order valence-corrected chi connectivity index (χ4v) is 3.17. The second kappa shape index (κ2) is 6.43. The highest BCUT2D eigenvalue weighted by Crippen LogP contribution is 2.24. The summed E-state index contributed by atoms with van der Waals surface area (Å²) >= 11 is 1.55.